The van der Waals surface area contributed by atoms with Crippen LogP contribution >= 0.6 is 0 Å². The summed E-state index contributed by atoms with van der Waals surface area (Å²) in [6.07, 6.45) is 2.55. The SMILES string of the molecule is CCCC(=O)[O-].CCCC(=O)[O-].CCCC(=O)[O-].[Sb+3]. The first kappa shape index (κ1) is 26.7. The molecule has 0 N–H and O–H groups in total. The second-order valence-electron chi connectivity index (χ2n) is 3.37. The molecule has 110 valence electrons. The van der Waals surface area contributed by atoms with Gasteiger partial charge in [-0.15, -0.1) is 0 Å². The molecule has 0 unspecified atom stereocenters. The molecule has 0 spiro atoms. The zero-order valence-corrected chi connectivity index (χ0v) is 14.2. The molecule has 0 aromatic carbocycles. The third-order valence-electron chi connectivity index (χ3n) is 1.36. The Morgan fingerprint density at radius 1 is 0.632 bits per heavy atom. The van der Waals surface area contributed by atoms with E-state index in [9.17, 15) is 29.7 Å². The normalized spacial score (nSPS) is 7.74. The summed E-state index contributed by atoms with van der Waals surface area (Å²) in [7, 11) is 0. The van der Waals surface area contributed by atoms with Crippen LogP contribution in [0.15, 0.2) is 0 Å². The Morgan fingerprint density at radius 2 is 0.789 bits per heavy atom. The molecule has 0 bridgehead atoms. The molecule has 6 nitrogen and oxygen atoms in total. The molecule has 7 heteroatoms. The molecule has 19 heavy (non-hydrogen) atoms. The largest absolute Gasteiger partial charge is 3.00 e. The van der Waals surface area contributed by atoms with Gasteiger partial charge in [0.15, 0.2) is 0 Å². The van der Waals surface area contributed by atoms with Crippen molar-refractivity contribution in [3.05, 3.63) is 0 Å². The zero-order valence-electron chi connectivity index (χ0n) is 11.6. The van der Waals surface area contributed by atoms with Crippen molar-refractivity contribution in [2.75, 3.05) is 0 Å². The minimum Gasteiger partial charge on any atom is -0.550 e. The third kappa shape index (κ3) is 59.0. The van der Waals surface area contributed by atoms with Crippen molar-refractivity contribution >= 4 is 42.3 Å². The van der Waals surface area contributed by atoms with E-state index in [-0.39, 0.29) is 43.7 Å². The van der Waals surface area contributed by atoms with E-state index in [1.165, 1.54) is 0 Å². The Bertz CT molecular complexity index is 192. The van der Waals surface area contributed by atoms with Gasteiger partial charge >= 0.3 is 24.4 Å². The van der Waals surface area contributed by atoms with Gasteiger partial charge in [-0.05, 0) is 19.3 Å². The standard InChI is InChI=1S/3C4H8O2.Sb/c3*1-2-3-4(5)6;/h3*2-3H2,1H3,(H,5,6);/q;;;+3/p-3. The van der Waals surface area contributed by atoms with Gasteiger partial charge in [-0.1, -0.05) is 40.0 Å². The van der Waals surface area contributed by atoms with E-state index in [1.807, 2.05) is 0 Å². The summed E-state index contributed by atoms with van der Waals surface area (Å²) >= 11 is 0. The van der Waals surface area contributed by atoms with E-state index in [4.69, 9.17) is 0 Å². The molecule has 0 amide bonds. The van der Waals surface area contributed by atoms with Crippen molar-refractivity contribution in [1.82, 2.24) is 0 Å². The van der Waals surface area contributed by atoms with Crippen molar-refractivity contribution < 1.29 is 29.7 Å². The summed E-state index contributed by atoms with van der Waals surface area (Å²) in [5, 5.41) is 28.5. The summed E-state index contributed by atoms with van der Waals surface area (Å²) in [4.78, 5) is 28.5. The van der Waals surface area contributed by atoms with Gasteiger partial charge in [-0.2, -0.15) is 0 Å². The van der Waals surface area contributed by atoms with Gasteiger partial charge in [0.2, 0.25) is 0 Å². The second kappa shape index (κ2) is 22.4. The van der Waals surface area contributed by atoms with Gasteiger partial charge in [-0.25, -0.2) is 0 Å². The molecule has 0 aliphatic rings. The Morgan fingerprint density at radius 3 is 0.789 bits per heavy atom. The molecule has 0 rings (SSSR count). The summed E-state index contributed by atoms with van der Waals surface area (Å²) in [6.45, 7) is 5.40. The summed E-state index contributed by atoms with van der Waals surface area (Å²) in [5.74, 6) is -2.88. The predicted octanol–water partition coefficient (Wildman–Crippen LogP) is -1.77. The molecule has 0 saturated carbocycles. The van der Waals surface area contributed by atoms with Crippen molar-refractivity contribution in [2.45, 2.75) is 59.3 Å². The molecule has 0 heterocycles. The molecular weight excluding hydrogens is 362 g/mol. The number of carbonyl (C=O) groups excluding carboxylic acids is 3. The molecule has 0 fully saturated rings. The number of hydrogen-bond acceptors (Lipinski definition) is 6. The first-order valence-corrected chi connectivity index (χ1v) is 5.91. The Labute approximate surface area is 131 Å². The quantitative estimate of drug-likeness (QED) is 0.501. The fourth-order valence-electron chi connectivity index (χ4n) is 0.612. The van der Waals surface area contributed by atoms with Gasteiger partial charge in [0.25, 0.3) is 0 Å². The molecule has 0 aromatic heterocycles. The van der Waals surface area contributed by atoms with E-state index in [1.54, 1.807) is 20.8 Å². The fourth-order valence-corrected chi connectivity index (χ4v) is 0.612. The van der Waals surface area contributed by atoms with Crippen LogP contribution in [0.5, 0.6) is 0 Å². The molecule has 2 radical (unpaired) electrons. The van der Waals surface area contributed by atoms with Crippen molar-refractivity contribution in [3.63, 3.8) is 0 Å². The Kier molecular flexibility index (Phi) is 31.5. The minimum absolute atomic E-state index is 0. The fraction of sp³-hybridized carbons (Fsp3) is 0.750. The van der Waals surface area contributed by atoms with Gasteiger partial charge in [0.1, 0.15) is 0 Å². The zero-order chi connectivity index (χ0) is 15.0. The van der Waals surface area contributed by atoms with Gasteiger partial charge in [-0.3, -0.25) is 0 Å². The van der Waals surface area contributed by atoms with E-state index in [0.717, 1.165) is 0 Å². The van der Waals surface area contributed by atoms with Crippen LogP contribution in [-0.4, -0.2) is 42.3 Å². The van der Waals surface area contributed by atoms with Crippen LogP contribution in [0.25, 0.3) is 0 Å². The maximum atomic E-state index is 9.49. The van der Waals surface area contributed by atoms with Gasteiger partial charge in [0.05, 0.1) is 0 Å². The van der Waals surface area contributed by atoms with Crippen LogP contribution in [0.1, 0.15) is 59.3 Å². The Hall–Kier alpha value is -0.772. The monoisotopic (exact) mass is 382 g/mol. The van der Waals surface area contributed by atoms with E-state index < -0.39 is 17.9 Å². The molecule has 0 aromatic rings. The van der Waals surface area contributed by atoms with Crippen molar-refractivity contribution in [2.24, 2.45) is 0 Å². The summed E-state index contributed by atoms with van der Waals surface area (Å²) in [6, 6.07) is 0. The topological polar surface area (TPSA) is 120 Å². The summed E-state index contributed by atoms with van der Waals surface area (Å²) in [5.41, 5.74) is 0. The van der Waals surface area contributed by atoms with E-state index >= 15 is 0 Å². The summed E-state index contributed by atoms with van der Waals surface area (Å²) < 4.78 is 0. The average Bonchev–Trinajstić information content (AvgIpc) is 2.18. The molecule has 0 atom stereocenters. The molecular formula is C12H21O6Sb. The average molecular weight is 383 g/mol. The number of rotatable bonds is 6. The Balaban J connectivity index is -0.0000000865. The smallest absolute Gasteiger partial charge is 0.550 e. The number of carboxylic acids is 3. The first-order chi connectivity index (χ1) is 8.31. The minimum atomic E-state index is -0.961. The van der Waals surface area contributed by atoms with Crippen LogP contribution in [-0.2, 0) is 14.4 Å². The van der Waals surface area contributed by atoms with Crippen molar-refractivity contribution in [1.29, 1.82) is 0 Å². The number of hydrogen-bond donors (Lipinski definition) is 0. The maximum absolute atomic E-state index is 9.49. The first-order valence-electron chi connectivity index (χ1n) is 5.91. The number of carbonyl (C=O) groups is 3. The van der Waals surface area contributed by atoms with E-state index in [0.29, 0.717) is 19.3 Å². The van der Waals surface area contributed by atoms with Crippen LogP contribution in [0.2, 0.25) is 0 Å². The number of aliphatic carboxylic acids is 3. The van der Waals surface area contributed by atoms with Crippen LogP contribution in [0.3, 0.4) is 0 Å². The van der Waals surface area contributed by atoms with Crippen LogP contribution in [0.4, 0.5) is 0 Å². The van der Waals surface area contributed by atoms with Gasteiger partial charge < -0.3 is 29.7 Å². The third-order valence-corrected chi connectivity index (χ3v) is 1.36. The molecule has 0 aliphatic carbocycles. The second-order valence-corrected chi connectivity index (χ2v) is 3.37. The van der Waals surface area contributed by atoms with Crippen LogP contribution < -0.4 is 15.3 Å². The van der Waals surface area contributed by atoms with Gasteiger partial charge in [0, 0.05) is 17.9 Å². The molecule has 0 saturated heterocycles. The number of carboxylic acid groups (broad SMARTS) is 3. The van der Waals surface area contributed by atoms with E-state index in [2.05, 4.69) is 0 Å². The molecule has 0 aliphatic heterocycles. The van der Waals surface area contributed by atoms with Crippen molar-refractivity contribution in [3.8, 4) is 0 Å². The maximum Gasteiger partial charge on any atom is 3.00 e. The van der Waals surface area contributed by atoms with Crippen LogP contribution in [0, 0.1) is 0 Å². The predicted molar refractivity (Wildman–Crippen MR) is 65.5 cm³/mol.